The molecule has 0 bridgehead atoms. The van der Waals surface area contributed by atoms with Gasteiger partial charge in [0.15, 0.2) is 0 Å². The van der Waals surface area contributed by atoms with Crippen molar-refractivity contribution in [1.29, 1.82) is 0 Å². The van der Waals surface area contributed by atoms with Crippen molar-refractivity contribution in [3.63, 3.8) is 0 Å². The Balaban J connectivity index is 1.71. The number of unbranched alkanes of at least 4 members (excludes halogenated alkanes) is 3. The van der Waals surface area contributed by atoms with Gasteiger partial charge in [-0.05, 0) is 43.9 Å². The monoisotopic (exact) mass is 265 g/mol. The lowest BCUT2D eigenvalue weighted by Crippen LogP contribution is -2.36. The van der Waals surface area contributed by atoms with Gasteiger partial charge in [-0.25, -0.2) is 0 Å². The zero-order valence-corrected chi connectivity index (χ0v) is 13.1. The second-order valence-corrected chi connectivity index (χ2v) is 7.03. The van der Waals surface area contributed by atoms with Crippen LogP contribution in [0.1, 0.15) is 72.1 Å². The van der Waals surface area contributed by atoms with Crippen molar-refractivity contribution in [1.82, 2.24) is 4.90 Å². The first-order valence-corrected chi connectivity index (χ1v) is 8.39. The van der Waals surface area contributed by atoms with Gasteiger partial charge in [0.1, 0.15) is 0 Å². The Kier molecular flexibility index (Phi) is 4.92. The Morgan fingerprint density at radius 3 is 2.53 bits per heavy atom. The van der Waals surface area contributed by atoms with Gasteiger partial charge in [0, 0.05) is 19.0 Å². The highest BCUT2D eigenvalue weighted by Crippen LogP contribution is 2.55. The van der Waals surface area contributed by atoms with Gasteiger partial charge < -0.3 is 4.90 Å². The molecule has 2 saturated carbocycles. The fourth-order valence-corrected chi connectivity index (χ4v) is 3.34. The summed E-state index contributed by atoms with van der Waals surface area (Å²) >= 11 is 0. The predicted octanol–water partition coefficient (Wildman–Crippen LogP) is 4.24. The largest absolute Gasteiger partial charge is 0.342 e. The van der Waals surface area contributed by atoms with Crippen LogP contribution >= 0.6 is 0 Å². The molecule has 2 aliphatic carbocycles. The molecule has 0 aromatic carbocycles. The van der Waals surface area contributed by atoms with Gasteiger partial charge in [0.25, 0.3) is 0 Å². The molecule has 0 aromatic rings. The highest BCUT2D eigenvalue weighted by molar-refractivity contribution is 5.81. The van der Waals surface area contributed by atoms with Crippen LogP contribution in [-0.4, -0.2) is 23.9 Å². The smallest absolute Gasteiger partial charge is 0.225 e. The molecule has 2 rings (SSSR count). The Morgan fingerprint density at radius 2 is 1.95 bits per heavy atom. The standard InChI is InChI=1S/C17H31NO/c1-4-6-7-8-9-15-12-17(15,3)13-18(5-2)16(19)14-10-11-14/h14-15H,4-13H2,1-3H3. The normalized spacial score (nSPS) is 29.3. The van der Waals surface area contributed by atoms with Crippen LogP contribution in [0.3, 0.4) is 0 Å². The van der Waals surface area contributed by atoms with Crippen LogP contribution in [0.4, 0.5) is 0 Å². The zero-order chi connectivity index (χ0) is 13.9. The second kappa shape index (κ2) is 6.28. The number of hydrogen-bond acceptors (Lipinski definition) is 1. The van der Waals surface area contributed by atoms with Crippen LogP contribution in [0.15, 0.2) is 0 Å². The maximum atomic E-state index is 12.2. The Bertz CT molecular complexity index is 310. The minimum Gasteiger partial charge on any atom is -0.342 e. The summed E-state index contributed by atoms with van der Waals surface area (Å²) in [5, 5.41) is 0. The van der Waals surface area contributed by atoms with Crippen molar-refractivity contribution < 1.29 is 4.79 Å². The molecule has 0 N–H and O–H groups in total. The van der Waals surface area contributed by atoms with Gasteiger partial charge >= 0.3 is 0 Å². The molecule has 19 heavy (non-hydrogen) atoms. The van der Waals surface area contributed by atoms with Crippen molar-refractivity contribution in [3.05, 3.63) is 0 Å². The lowest BCUT2D eigenvalue weighted by atomic mass is 10.0. The van der Waals surface area contributed by atoms with E-state index in [9.17, 15) is 4.79 Å². The van der Waals surface area contributed by atoms with Gasteiger partial charge in [-0.1, -0.05) is 39.5 Å². The molecule has 2 atom stereocenters. The van der Waals surface area contributed by atoms with Crippen molar-refractivity contribution >= 4 is 5.91 Å². The Labute approximate surface area is 118 Å². The van der Waals surface area contributed by atoms with Crippen LogP contribution in [0.2, 0.25) is 0 Å². The summed E-state index contributed by atoms with van der Waals surface area (Å²) in [6.45, 7) is 8.69. The highest BCUT2D eigenvalue weighted by Gasteiger charge is 2.50. The van der Waals surface area contributed by atoms with Crippen LogP contribution in [0, 0.1) is 17.3 Å². The van der Waals surface area contributed by atoms with E-state index in [4.69, 9.17) is 0 Å². The molecule has 0 radical (unpaired) electrons. The summed E-state index contributed by atoms with van der Waals surface area (Å²) in [7, 11) is 0. The molecule has 2 nitrogen and oxygen atoms in total. The maximum absolute atomic E-state index is 12.2. The third-order valence-corrected chi connectivity index (χ3v) is 5.12. The summed E-state index contributed by atoms with van der Waals surface area (Å²) in [4.78, 5) is 14.3. The second-order valence-electron chi connectivity index (χ2n) is 7.03. The molecule has 0 saturated heterocycles. The topological polar surface area (TPSA) is 20.3 Å². The van der Waals surface area contributed by atoms with E-state index >= 15 is 0 Å². The third kappa shape index (κ3) is 3.97. The number of rotatable bonds is 9. The molecule has 2 heteroatoms. The van der Waals surface area contributed by atoms with E-state index in [2.05, 4.69) is 25.7 Å². The number of hydrogen-bond donors (Lipinski definition) is 0. The number of carbonyl (C=O) groups is 1. The first-order valence-electron chi connectivity index (χ1n) is 8.39. The van der Waals surface area contributed by atoms with E-state index in [1.54, 1.807) is 0 Å². The summed E-state index contributed by atoms with van der Waals surface area (Å²) in [6, 6.07) is 0. The molecule has 0 heterocycles. The van der Waals surface area contributed by atoms with Crippen molar-refractivity contribution in [2.24, 2.45) is 17.3 Å². The molecule has 2 fully saturated rings. The average molecular weight is 265 g/mol. The van der Waals surface area contributed by atoms with Crippen LogP contribution in [0.25, 0.3) is 0 Å². The number of amides is 1. The molecular formula is C17H31NO. The molecule has 2 aliphatic rings. The minimum atomic E-state index is 0.380. The fraction of sp³-hybridized carbons (Fsp3) is 0.941. The lowest BCUT2D eigenvalue weighted by molar-refractivity contribution is -0.133. The minimum absolute atomic E-state index is 0.380. The van der Waals surface area contributed by atoms with Crippen LogP contribution in [-0.2, 0) is 4.79 Å². The van der Waals surface area contributed by atoms with E-state index in [0.717, 1.165) is 31.8 Å². The van der Waals surface area contributed by atoms with Gasteiger partial charge in [0.05, 0.1) is 0 Å². The number of nitrogens with zero attached hydrogens (tertiary/aromatic N) is 1. The Hall–Kier alpha value is -0.530. The van der Waals surface area contributed by atoms with E-state index in [1.165, 1.54) is 38.5 Å². The quantitative estimate of drug-likeness (QED) is 0.571. The van der Waals surface area contributed by atoms with Gasteiger partial charge in [0.2, 0.25) is 5.91 Å². The summed E-state index contributed by atoms with van der Waals surface area (Å²) in [5.74, 6) is 1.69. The first-order chi connectivity index (χ1) is 9.10. The molecule has 1 amide bonds. The van der Waals surface area contributed by atoms with Crippen molar-refractivity contribution in [3.8, 4) is 0 Å². The molecule has 110 valence electrons. The zero-order valence-electron chi connectivity index (χ0n) is 13.1. The summed E-state index contributed by atoms with van der Waals surface area (Å²) < 4.78 is 0. The molecule has 2 unspecified atom stereocenters. The molecule has 0 aromatic heterocycles. The van der Waals surface area contributed by atoms with Crippen LogP contribution < -0.4 is 0 Å². The summed E-state index contributed by atoms with van der Waals surface area (Å²) in [5.41, 5.74) is 0.437. The van der Waals surface area contributed by atoms with Gasteiger partial charge in [-0.3, -0.25) is 4.79 Å². The maximum Gasteiger partial charge on any atom is 0.225 e. The Morgan fingerprint density at radius 1 is 1.21 bits per heavy atom. The van der Waals surface area contributed by atoms with Gasteiger partial charge in [-0.2, -0.15) is 0 Å². The van der Waals surface area contributed by atoms with E-state index < -0.39 is 0 Å². The molecule has 0 aliphatic heterocycles. The SMILES string of the molecule is CCCCCCC1CC1(C)CN(CC)C(=O)C1CC1. The fourth-order valence-electron chi connectivity index (χ4n) is 3.34. The average Bonchev–Trinajstić information content (AvgIpc) is 3.29. The van der Waals surface area contributed by atoms with Crippen LogP contribution in [0.5, 0.6) is 0 Å². The van der Waals surface area contributed by atoms with E-state index in [0.29, 0.717) is 17.2 Å². The van der Waals surface area contributed by atoms with Crippen molar-refractivity contribution in [2.45, 2.75) is 72.1 Å². The molecular weight excluding hydrogens is 234 g/mol. The van der Waals surface area contributed by atoms with Gasteiger partial charge in [-0.15, -0.1) is 0 Å². The number of carbonyl (C=O) groups excluding carboxylic acids is 1. The third-order valence-electron chi connectivity index (χ3n) is 5.12. The highest BCUT2D eigenvalue weighted by atomic mass is 16.2. The predicted molar refractivity (Wildman–Crippen MR) is 80.0 cm³/mol. The van der Waals surface area contributed by atoms with E-state index in [1.807, 2.05) is 0 Å². The first kappa shape index (κ1) is 14.9. The van der Waals surface area contributed by atoms with Crippen molar-refractivity contribution in [2.75, 3.05) is 13.1 Å². The lowest BCUT2D eigenvalue weighted by Gasteiger charge is -2.25. The molecule has 0 spiro atoms. The van der Waals surface area contributed by atoms with E-state index in [-0.39, 0.29) is 0 Å². The summed E-state index contributed by atoms with van der Waals surface area (Å²) in [6.07, 6.45) is 10.5.